The molecule has 1 aromatic heterocycles. The fourth-order valence-electron chi connectivity index (χ4n) is 2.53. The quantitative estimate of drug-likeness (QED) is 0.632. The molecule has 0 bridgehead atoms. The predicted octanol–water partition coefficient (Wildman–Crippen LogP) is 2.29. The summed E-state index contributed by atoms with van der Waals surface area (Å²) < 4.78 is 0. The van der Waals surface area contributed by atoms with Crippen molar-refractivity contribution in [2.45, 2.75) is 25.7 Å². The number of carboxylic acid groups (broad SMARTS) is 1. The topological polar surface area (TPSA) is 105 Å². The van der Waals surface area contributed by atoms with Crippen LogP contribution in [0.3, 0.4) is 0 Å². The Balaban J connectivity index is 1.88. The van der Waals surface area contributed by atoms with Crippen LogP contribution in [0.5, 0.6) is 0 Å². The average molecular weight is 279 g/mol. The zero-order chi connectivity index (χ0) is 14.5. The number of nitrogens with zero attached hydrogens (tertiary/aromatic N) is 2. The van der Waals surface area contributed by atoms with E-state index in [9.17, 15) is 14.9 Å². The summed E-state index contributed by atoms with van der Waals surface area (Å²) in [6, 6.07) is 2.94. The fourth-order valence-corrected chi connectivity index (χ4v) is 2.53. The summed E-state index contributed by atoms with van der Waals surface area (Å²) in [5.41, 5.74) is -0.0354. The van der Waals surface area contributed by atoms with Gasteiger partial charge in [0.05, 0.1) is 10.8 Å². The summed E-state index contributed by atoms with van der Waals surface area (Å²) in [7, 11) is 0. The molecular weight excluding hydrogens is 262 g/mol. The number of aliphatic carboxylic acids is 1. The SMILES string of the molecule is O=C(O)C1CCC(CNc2ncccc2[N+](=O)[O-])CC1. The van der Waals surface area contributed by atoms with Crippen molar-refractivity contribution < 1.29 is 14.8 Å². The molecule has 20 heavy (non-hydrogen) atoms. The second-order valence-corrected chi connectivity index (χ2v) is 5.07. The normalized spacial score (nSPS) is 22.2. The smallest absolute Gasteiger partial charge is 0.311 e. The maximum absolute atomic E-state index is 10.9. The van der Waals surface area contributed by atoms with Crippen molar-refractivity contribution in [3.63, 3.8) is 0 Å². The Kier molecular flexibility index (Phi) is 4.49. The molecule has 2 rings (SSSR count). The van der Waals surface area contributed by atoms with Gasteiger partial charge in [-0.15, -0.1) is 0 Å². The van der Waals surface area contributed by atoms with Gasteiger partial charge < -0.3 is 10.4 Å². The van der Waals surface area contributed by atoms with Crippen molar-refractivity contribution in [1.82, 2.24) is 4.98 Å². The number of anilines is 1. The Morgan fingerprint density at radius 3 is 2.75 bits per heavy atom. The monoisotopic (exact) mass is 279 g/mol. The van der Waals surface area contributed by atoms with Gasteiger partial charge in [0.25, 0.3) is 0 Å². The van der Waals surface area contributed by atoms with Gasteiger partial charge >= 0.3 is 11.7 Å². The largest absolute Gasteiger partial charge is 0.481 e. The lowest BCUT2D eigenvalue weighted by Crippen LogP contribution is -2.25. The van der Waals surface area contributed by atoms with E-state index in [1.54, 1.807) is 0 Å². The van der Waals surface area contributed by atoms with E-state index in [4.69, 9.17) is 5.11 Å². The number of carbonyl (C=O) groups is 1. The zero-order valence-corrected chi connectivity index (χ0v) is 11.0. The van der Waals surface area contributed by atoms with Crippen molar-refractivity contribution in [2.75, 3.05) is 11.9 Å². The van der Waals surface area contributed by atoms with Crippen molar-refractivity contribution >= 4 is 17.5 Å². The number of rotatable bonds is 5. The summed E-state index contributed by atoms with van der Waals surface area (Å²) in [5.74, 6) is -0.350. The first kappa shape index (κ1) is 14.2. The maximum atomic E-state index is 10.9. The van der Waals surface area contributed by atoms with E-state index >= 15 is 0 Å². The number of nitrogens with one attached hydrogen (secondary N) is 1. The second-order valence-electron chi connectivity index (χ2n) is 5.07. The number of aromatic nitrogens is 1. The van der Waals surface area contributed by atoms with Crippen LogP contribution >= 0.6 is 0 Å². The molecular formula is C13H17N3O4. The van der Waals surface area contributed by atoms with Gasteiger partial charge in [-0.1, -0.05) is 0 Å². The zero-order valence-electron chi connectivity index (χ0n) is 11.0. The molecule has 2 N–H and O–H groups in total. The Morgan fingerprint density at radius 2 is 2.15 bits per heavy atom. The Hall–Kier alpha value is -2.18. The predicted molar refractivity (Wildman–Crippen MR) is 72.5 cm³/mol. The first-order valence-electron chi connectivity index (χ1n) is 6.64. The lowest BCUT2D eigenvalue weighted by molar-refractivity contribution is -0.384. The highest BCUT2D eigenvalue weighted by Gasteiger charge is 2.26. The van der Waals surface area contributed by atoms with E-state index in [1.165, 1.54) is 18.3 Å². The first-order chi connectivity index (χ1) is 9.58. The molecule has 0 aromatic carbocycles. The van der Waals surface area contributed by atoms with E-state index in [2.05, 4.69) is 10.3 Å². The molecule has 0 amide bonds. The molecule has 1 aliphatic rings. The molecule has 0 saturated heterocycles. The third-order valence-electron chi connectivity index (χ3n) is 3.74. The summed E-state index contributed by atoms with van der Waals surface area (Å²) >= 11 is 0. The molecule has 1 saturated carbocycles. The van der Waals surface area contributed by atoms with Crippen LogP contribution in [0.1, 0.15) is 25.7 Å². The Bertz CT molecular complexity index is 498. The van der Waals surface area contributed by atoms with Crippen LogP contribution in [0.4, 0.5) is 11.5 Å². The van der Waals surface area contributed by atoms with Gasteiger partial charge in [0.1, 0.15) is 0 Å². The van der Waals surface area contributed by atoms with Crippen LogP contribution in [0.15, 0.2) is 18.3 Å². The molecule has 0 unspecified atom stereocenters. The number of nitro groups is 1. The molecule has 0 radical (unpaired) electrons. The molecule has 1 fully saturated rings. The van der Waals surface area contributed by atoms with Gasteiger partial charge in [0, 0.05) is 18.8 Å². The molecule has 108 valence electrons. The van der Waals surface area contributed by atoms with Crippen molar-refractivity contribution in [3.8, 4) is 0 Å². The van der Waals surface area contributed by atoms with Crippen LogP contribution < -0.4 is 5.32 Å². The second kappa shape index (κ2) is 6.31. The van der Waals surface area contributed by atoms with Crippen LogP contribution in [-0.2, 0) is 4.79 Å². The lowest BCUT2D eigenvalue weighted by Gasteiger charge is -2.26. The number of pyridine rings is 1. The first-order valence-corrected chi connectivity index (χ1v) is 6.64. The summed E-state index contributed by atoms with van der Waals surface area (Å²) in [6.45, 7) is 0.587. The highest BCUT2D eigenvalue weighted by Crippen LogP contribution is 2.29. The van der Waals surface area contributed by atoms with Crippen LogP contribution in [0.25, 0.3) is 0 Å². The molecule has 0 aliphatic heterocycles. The Morgan fingerprint density at radius 1 is 1.45 bits per heavy atom. The van der Waals surface area contributed by atoms with Gasteiger partial charge in [-0.05, 0) is 37.7 Å². The minimum atomic E-state index is -0.725. The maximum Gasteiger partial charge on any atom is 0.311 e. The molecule has 1 aromatic rings. The van der Waals surface area contributed by atoms with E-state index in [1.807, 2.05) is 0 Å². The van der Waals surface area contributed by atoms with Crippen molar-refractivity contribution in [3.05, 3.63) is 28.4 Å². The van der Waals surface area contributed by atoms with Crippen molar-refractivity contribution in [2.24, 2.45) is 11.8 Å². The fraction of sp³-hybridized carbons (Fsp3) is 0.538. The molecule has 7 heteroatoms. The van der Waals surface area contributed by atoms with E-state index in [0.29, 0.717) is 25.3 Å². The molecule has 7 nitrogen and oxygen atoms in total. The molecule has 0 spiro atoms. The van der Waals surface area contributed by atoms with E-state index in [0.717, 1.165) is 12.8 Å². The highest BCUT2D eigenvalue weighted by molar-refractivity contribution is 5.70. The van der Waals surface area contributed by atoms with Crippen LogP contribution in [-0.4, -0.2) is 27.5 Å². The molecule has 0 atom stereocenters. The van der Waals surface area contributed by atoms with Gasteiger partial charge in [-0.25, -0.2) is 4.98 Å². The van der Waals surface area contributed by atoms with Gasteiger partial charge in [0.15, 0.2) is 0 Å². The Labute approximate surface area is 116 Å². The third-order valence-corrected chi connectivity index (χ3v) is 3.74. The van der Waals surface area contributed by atoms with E-state index in [-0.39, 0.29) is 17.4 Å². The van der Waals surface area contributed by atoms with E-state index < -0.39 is 10.9 Å². The average Bonchev–Trinajstić information content (AvgIpc) is 2.45. The lowest BCUT2D eigenvalue weighted by atomic mass is 9.82. The summed E-state index contributed by atoms with van der Waals surface area (Å²) in [6.07, 6.45) is 4.50. The van der Waals surface area contributed by atoms with Crippen molar-refractivity contribution in [1.29, 1.82) is 0 Å². The van der Waals surface area contributed by atoms with Gasteiger partial charge in [-0.3, -0.25) is 14.9 Å². The molecule has 1 heterocycles. The van der Waals surface area contributed by atoms with Gasteiger partial charge in [0.2, 0.25) is 5.82 Å². The highest BCUT2D eigenvalue weighted by atomic mass is 16.6. The summed E-state index contributed by atoms with van der Waals surface area (Å²) in [5, 5.41) is 22.8. The standard InChI is InChI=1S/C13H17N3O4/c17-13(18)10-5-3-9(4-6-10)8-15-12-11(16(19)20)2-1-7-14-12/h1-2,7,9-10H,3-6,8H2,(H,14,15)(H,17,18). The van der Waals surface area contributed by atoms with Crippen LogP contribution in [0.2, 0.25) is 0 Å². The number of hydrogen-bond acceptors (Lipinski definition) is 5. The number of hydrogen-bond donors (Lipinski definition) is 2. The minimum absolute atomic E-state index is 0.0354. The minimum Gasteiger partial charge on any atom is -0.481 e. The van der Waals surface area contributed by atoms with Gasteiger partial charge in [-0.2, -0.15) is 0 Å². The van der Waals surface area contributed by atoms with Crippen LogP contribution in [0, 0.1) is 22.0 Å². The summed E-state index contributed by atoms with van der Waals surface area (Å²) in [4.78, 5) is 25.2. The molecule has 1 aliphatic carbocycles. The number of carboxylic acids is 1. The third kappa shape index (κ3) is 3.43.